The molecule has 0 spiro atoms. The molecule has 6 atom stereocenters. The van der Waals surface area contributed by atoms with Gasteiger partial charge in [0, 0.05) is 29.5 Å². The van der Waals surface area contributed by atoms with Crippen LogP contribution in [0.1, 0.15) is 122 Å². The lowest BCUT2D eigenvalue weighted by Crippen LogP contribution is -2.72. The number of β-lactam (4-membered cyclic amide) rings is 1. The minimum absolute atomic E-state index is 0.0303. The number of hydrogen-bond donors (Lipinski definition) is 1. The van der Waals surface area contributed by atoms with E-state index in [1.165, 1.54) is 28.7 Å². The topological polar surface area (TPSA) is 172 Å². The number of aromatic hydroxyl groups is 1. The quantitative estimate of drug-likeness (QED) is 0.0164. The third kappa shape index (κ3) is 10.1. The summed E-state index contributed by atoms with van der Waals surface area (Å²) in [7, 11) is -2.16. The summed E-state index contributed by atoms with van der Waals surface area (Å²) in [5.74, 6) is -2.87. The van der Waals surface area contributed by atoms with Crippen molar-refractivity contribution in [1.29, 1.82) is 0 Å². The maximum Gasteiger partial charge on any atom is 0.514 e. The number of allylic oxidation sites excluding steroid dienone is 4. The number of phenols is 1. The number of ether oxygens (including phenoxy) is 3. The number of hydrogen-bond acceptors (Lipinski definition) is 11. The second kappa shape index (κ2) is 20.4. The van der Waals surface area contributed by atoms with Crippen LogP contribution in [0.4, 0.5) is 10.5 Å². The molecular formula is C49H64N2O11Si. The average Bonchev–Trinajstić information content (AvgIpc) is 3.53. The van der Waals surface area contributed by atoms with Gasteiger partial charge in [-0.05, 0) is 119 Å². The molecule has 2 heterocycles. The van der Waals surface area contributed by atoms with Crippen molar-refractivity contribution in [3.8, 4) is 11.5 Å². The minimum Gasteiger partial charge on any atom is -0.507 e. The van der Waals surface area contributed by atoms with Crippen LogP contribution in [0, 0.1) is 27.4 Å². The fraction of sp³-hybridized carbons (Fsp3) is 0.510. The van der Waals surface area contributed by atoms with Crippen LogP contribution < -0.4 is 4.74 Å². The zero-order valence-corrected chi connectivity index (χ0v) is 39.3. The summed E-state index contributed by atoms with van der Waals surface area (Å²) in [6, 6.07) is 10.3. The van der Waals surface area contributed by atoms with Crippen LogP contribution in [0.25, 0.3) is 0 Å². The molecule has 1 aliphatic carbocycles. The van der Waals surface area contributed by atoms with Crippen molar-refractivity contribution in [2.75, 3.05) is 6.61 Å². The summed E-state index contributed by atoms with van der Waals surface area (Å²) in [6.07, 6.45) is 9.13. The Bertz CT molecular complexity index is 2180. The molecule has 0 radical (unpaired) electrons. The van der Waals surface area contributed by atoms with E-state index < -0.39 is 54.8 Å². The first-order valence-corrected chi connectivity index (χ1v) is 24.9. The van der Waals surface area contributed by atoms with Gasteiger partial charge < -0.3 is 28.6 Å². The molecule has 1 N–H and O–H groups in total. The Morgan fingerprint density at radius 2 is 1.75 bits per heavy atom. The zero-order chi connectivity index (χ0) is 46.4. The van der Waals surface area contributed by atoms with Crippen LogP contribution in [0.3, 0.4) is 0 Å². The van der Waals surface area contributed by atoms with Crippen LogP contribution in [-0.2, 0) is 29.9 Å². The van der Waals surface area contributed by atoms with E-state index in [9.17, 15) is 34.4 Å². The first-order chi connectivity index (χ1) is 29.9. The van der Waals surface area contributed by atoms with Gasteiger partial charge in [-0.2, -0.15) is 0 Å². The molecule has 1 fully saturated rings. The number of nitrogens with zero attached hydrogens (tertiary/aromatic N) is 2. The summed E-state index contributed by atoms with van der Waals surface area (Å²) < 4.78 is 23.6. The van der Waals surface area contributed by atoms with Crippen molar-refractivity contribution in [3.05, 3.63) is 110 Å². The van der Waals surface area contributed by atoms with E-state index in [0.29, 0.717) is 17.6 Å². The van der Waals surface area contributed by atoms with Gasteiger partial charge in [0.2, 0.25) is 5.91 Å². The predicted molar refractivity (Wildman–Crippen MR) is 243 cm³/mol. The molecular weight excluding hydrogens is 821 g/mol. The summed E-state index contributed by atoms with van der Waals surface area (Å²) in [4.78, 5) is 66.8. The Morgan fingerprint density at radius 3 is 2.35 bits per heavy atom. The van der Waals surface area contributed by atoms with Gasteiger partial charge in [-0.3, -0.25) is 14.9 Å². The number of nitro benzene ring substituents is 1. The minimum atomic E-state index is -2.16. The molecule has 14 heteroatoms. The van der Waals surface area contributed by atoms with Crippen molar-refractivity contribution < 1.29 is 47.8 Å². The van der Waals surface area contributed by atoms with E-state index in [1.54, 1.807) is 18.2 Å². The van der Waals surface area contributed by atoms with Gasteiger partial charge in [-0.25, -0.2) is 14.4 Å². The first-order valence-electron chi connectivity index (χ1n) is 22.3. The molecule has 13 nitrogen and oxygen atoms in total. The average molecular weight is 885 g/mol. The second-order valence-corrected chi connectivity index (χ2v) is 22.3. The summed E-state index contributed by atoms with van der Waals surface area (Å²) in [5, 5.41) is 22.6. The number of carbonyl (C=O) groups is 4. The van der Waals surface area contributed by atoms with Crippen molar-refractivity contribution >= 4 is 38.0 Å². The Hall–Kier alpha value is -5.34. The lowest BCUT2D eigenvalue weighted by atomic mass is 9.65. The molecule has 5 rings (SSSR count). The molecule has 340 valence electrons. The zero-order valence-electron chi connectivity index (χ0n) is 38.3. The summed E-state index contributed by atoms with van der Waals surface area (Å²) in [5.41, 5.74) is 2.41. The van der Waals surface area contributed by atoms with Gasteiger partial charge in [0.1, 0.15) is 23.8 Å². The van der Waals surface area contributed by atoms with Gasteiger partial charge in [-0.15, -0.1) is 0 Å². The van der Waals surface area contributed by atoms with E-state index in [2.05, 4.69) is 40.3 Å². The Kier molecular flexibility index (Phi) is 15.8. The number of phenolic OH excluding ortho intramolecular Hbond substituents is 1. The smallest absolute Gasteiger partial charge is 0.507 e. The van der Waals surface area contributed by atoms with E-state index in [1.807, 2.05) is 34.6 Å². The predicted octanol–water partition coefficient (Wildman–Crippen LogP) is 11.0. The number of non-ortho nitro benzene ring substituents is 1. The molecule has 1 amide bonds. The van der Waals surface area contributed by atoms with Crippen molar-refractivity contribution in [1.82, 2.24) is 4.90 Å². The monoisotopic (exact) mass is 884 g/mol. The van der Waals surface area contributed by atoms with Crippen molar-refractivity contribution in [2.45, 2.75) is 137 Å². The molecule has 2 aliphatic heterocycles. The molecule has 2 aromatic rings. The van der Waals surface area contributed by atoms with E-state index in [4.69, 9.17) is 18.6 Å². The van der Waals surface area contributed by atoms with Gasteiger partial charge in [-0.1, -0.05) is 77.3 Å². The molecule has 63 heavy (non-hydrogen) atoms. The summed E-state index contributed by atoms with van der Waals surface area (Å²) in [6.45, 7) is 22.1. The van der Waals surface area contributed by atoms with E-state index in [-0.39, 0.29) is 52.8 Å². The molecule has 0 unspecified atom stereocenters. The number of nitro groups is 1. The highest BCUT2D eigenvalue weighted by Crippen LogP contribution is 2.56. The highest BCUT2D eigenvalue weighted by Gasteiger charge is 2.68. The lowest BCUT2D eigenvalue weighted by Gasteiger charge is -2.56. The van der Waals surface area contributed by atoms with Crippen LogP contribution in [-0.4, -0.2) is 66.0 Å². The number of benzene rings is 2. The van der Waals surface area contributed by atoms with E-state index >= 15 is 0 Å². The van der Waals surface area contributed by atoms with Crippen molar-refractivity contribution in [3.63, 3.8) is 0 Å². The molecule has 2 aromatic carbocycles. The van der Waals surface area contributed by atoms with Crippen LogP contribution in [0.5, 0.6) is 11.5 Å². The summed E-state index contributed by atoms with van der Waals surface area (Å²) >= 11 is 0. The molecule has 3 aliphatic rings. The third-order valence-electron chi connectivity index (χ3n) is 13.7. The SMILES string of the molecule is C=C(C)[C@@H]1CCC(C)=C[C@H]1c1c(O)cc(CCCCC)cc1OC(=O)OC/C=C/C1=C(C(=O)OC(=O)c2ccc([N+](=O)[O-])cc2)N2C(=O)[C@](C)([C@@H](C)O[Si](CC)(CC)CC)[C@H]2[C@H]1C. The Balaban J connectivity index is 1.42. The number of unbranched alkanes of at least 4 members (excludes halogenated alkanes) is 2. The normalized spacial score (nSPS) is 22.6. The van der Waals surface area contributed by atoms with Gasteiger partial charge in [0.25, 0.3) is 5.69 Å². The number of carbonyl (C=O) groups excluding carboxylic acids is 4. The fourth-order valence-corrected chi connectivity index (χ4v) is 12.6. The molecule has 0 bridgehead atoms. The Labute approximate surface area is 372 Å². The standard InChI is InChI=1S/C49H64N2O11Si/c1-11-15-16-18-34-28-40(52)42(39-27-31(7)20-25-37(39)30(5)6)41(29-34)60-48(56)59-26-17-19-38-32(8)44-49(10,33(9)62-63(12-2,13-3)14-4)47(55)50(44)43(38)46(54)61-45(53)35-21-23-36(24-22-35)51(57)58/h17,19,21-24,27-29,32-33,37,39,44,52H,5,11-16,18,20,25-26H2,1-4,6-10H3/b19-17+/t32-,33+,37-,39+,44+,49+/m0/s1. The number of amides is 1. The molecule has 1 saturated heterocycles. The largest absolute Gasteiger partial charge is 0.514 e. The number of rotatable bonds is 19. The molecule has 0 aromatic heterocycles. The molecule has 0 saturated carbocycles. The van der Waals surface area contributed by atoms with Crippen LogP contribution in [0.15, 0.2) is 83.6 Å². The lowest BCUT2D eigenvalue weighted by molar-refractivity contribution is -0.384. The van der Waals surface area contributed by atoms with Gasteiger partial charge >= 0.3 is 18.1 Å². The highest BCUT2D eigenvalue weighted by molar-refractivity contribution is 6.73. The number of fused-ring (bicyclic) bond motifs is 1. The van der Waals surface area contributed by atoms with Crippen molar-refractivity contribution in [2.24, 2.45) is 17.3 Å². The van der Waals surface area contributed by atoms with Crippen LogP contribution in [0.2, 0.25) is 18.1 Å². The second-order valence-electron chi connectivity index (χ2n) is 17.6. The van der Waals surface area contributed by atoms with Gasteiger partial charge in [0.15, 0.2) is 8.32 Å². The third-order valence-corrected chi connectivity index (χ3v) is 18.4. The van der Waals surface area contributed by atoms with E-state index in [0.717, 1.165) is 73.5 Å². The first kappa shape index (κ1) is 48.7. The maximum absolute atomic E-state index is 14.3. The highest BCUT2D eigenvalue weighted by atomic mass is 28.4. The number of esters is 2. The fourth-order valence-electron chi connectivity index (χ4n) is 9.62. The number of aryl methyl sites for hydroxylation is 1. The van der Waals surface area contributed by atoms with Gasteiger partial charge in [0.05, 0.1) is 28.0 Å². The Morgan fingerprint density at radius 1 is 1.08 bits per heavy atom. The maximum atomic E-state index is 14.3. The van der Waals surface area contributed by atoms with Crippen LogP contribution >= 0.6 is 0 Å².